The van der Waals surface area contributed by atoms with Crippen LogP contribution in [0.1, 0.15) is 0 Å². The van der Waals surface area contributed by atoms with Gasteiger partial charge in [-0.2, -0.15) is 0 Å². The molecule has 0 bridgehead atoms. The molecule has 2 aromatic heterocycles. The molecule has 6 aromatic carbocycles. The van der Waals surface area contributed by atoms with Crippen LogP contribution in [0.15, 0.2) is 152 Å². The number of thiophene rings is 1. The van der Waals surface area contributed by atoms with Gasteiger partial charge in [0.2, 0.25) is 0 Å². The van der Waals surface area contributed by atoms with Crippen molar-refractivity contribution in [3.63, 3.8) is 0 Å². The molecule has 3 nitrogen and oxygen atoms in total. The van der Waals surface area contributed by atoms with Crippen molar-refractivity contribution >= 4 is 31.5 Å². The quantitative estimate of drug-likeness (QED) is 0.208. The Morgan fingerprint density at radius 2 is 0.767 bits per heavy atom. The molecule has 0 radical (unpaired) electrons. The summed E-state index contributed by atoms with van der Waals surface area (Å²) in [5.74, 6) is 1.98. The highest BCUT2D eigenvalue weighted by Crippen LogP contribution is 2.36. The van der Waals surface area contributed by atoms with Gasteiger partial charge in [0.1, 0.15) is 0 Å². The number of aromatic nitrogens is 3. The van der Waals surface area contributed by atoms with E-state index in [-0.39, 0.29) is 0 Å². The van der Waals surface area contributed by atoms with Crippen LogP contribution >= 0.6 is 11.3 Å². The Kier molecular flexibility index (Phi) is 6.32. The van der Waals surface area contributed by atoms with Crippen molar-refractivity contribution in [2.75, 3.05) is 0 Å². The molecular formula is C39H25N3S. The fraction of sp³-hybridized carbons (Fsp3) is 0. The minimum absolute atomic E-state index is 0.654. The fourth-order valence-corrected chi connectivity index (χ4v) is 6.71. The number of hydrogen-bond acceptors (Lipinski definition) is 4. The molecule has 8 rings (SSSR count). The molecule has 202 valence electrons. The molecule has 8 aromatic rings. The Morgan fingerprint density at radius 1 is 0.302 bits per heavy atom. The Morgan fingerprint density at radius 3 is 1.47 bits per heavy atom. The molecule has 0 saturated heterocycles. The molecule has 2 heterocycles. The zero-order valence-corrected chi connectivity index (χ0v) is 24.0. The summed E-state index contributed by atoms with van der Waals surface area (Å²) in [6.07, 6.45) is 0. The standard InChI is InChI=1S/C39H25N3S/c1-3-11-26(12-4-1)28-15-9-16-29(23-28)30-17-10-18-31(24-30)38-40-37(27-13-5-2-6-14-27)41-39(42-38)32-21-22-34-33-19-7-8-20-35(33)43-36(34)25-32/h1-25H. The van der Waals surface area contributed by atoms with Crippen molar-refractivity contribution < 1.29 is 0 Å². The number of benzene rings is 6. The van der Waals surface area contributed by atoms with Gasteiger partial charge in [0.05, 0.1) is 0 Å². The summed E-state index contributed by atoms with van der Waals surface area (Å²) in [4.78, 5) is 15.0. The largest absolute Gasteiger partial charge is 0.208 e. The molecule has 0 unspecified atom stereocenters. The summed E-state index contributed by atoms with van der Waals surface area (Å²) in [6, 6.07) is 52.8. The molecule has 0 spiro atoms. The maximum Gasteiger partial charge on any atom is 0.164 e. The number of hydrogen-bond donors (Lipinski definition) is 0. The highest BCUT2D eigenvalue weighted by molar-refractivity contribution is 7.25. The predicted octanol–water partition coefficient (Wildman–Crippen LogP) is 10.6. The van der Waals surface area contributed by atoms with E-state index in [4.69, 9.17) is 15.0 Å². The van der Waals surface area contributed by atoms with Crippen molar-refractivity contribution in [3.05, 3.63) is 152 Å². The van der Waals surface area contributed by atoms with E-state index < -0.39 is 0 Å². The molecule has 0 aliphatic heterocycles. The first-order chi connectivity index (χ1) is 21.3. The van der Waals surface area contributed by atoms with E-state index >= 15 is 0 Å². The lowest BCUT2D eigenvalue weighted by molar-refractivity contribution is 1.07. The van der Waals surface area contributed by atoms with Gasteiger partial charge in [0.15, 0.2) is 17.5 Å². The Hall–Kier alpha value is -5.45. The minimum atomic E-state index is 0.654. The maximum absolute atomic E-state index is 5.04. The summed E-state index contributed by atoms with van der Waals surface area (Å²) < 4.78 is 2.51. The van der Waals surface area contributed by atoms with Gasteiger partial charge in [0.25, 0.3) is 0 Å². The molecule has 0 saturated carbocycles. The number of nitrogens with zero attached hydrogens (tertiary/aromatic N) is 3. The molecule has 0 fully saturated rings. The van der Waals surface area contributed by atoms with Crippen LogP contribution in [0.2, 0.25) is 0 Å². The molecule has 0 aliphatic rings. The van der Waals surface area contributed by atoms with Gasteiger partial charge in [-0.25, -0.2) is 15.0 Å². The summed E-state index contributed by atoms with van der Waals surface area (Å²) in [7, 11) is 0. The normalized spacial score (nSPS) is 11.3. The van der Waals surface area contributed by atoms with Crippen LogP contribution < -0.4 is 0 Å². The Labute approximate surface area is 253 Å². The van der Waals surface area contributed by atoms with Crippen LogP contribution in [0.25, 0.3) is 76.6 Å². The summed E-state index contributed by atoms with van der Waals surface area (Å²) in [5, 5.41) is 2.54. The van der Waals surface area contributed by atoms with Crippen LogP contribution in [0.4, 0.5) is 0 Å². The summed E-state index contributed by atoms with van der Waals surface area (Å²) in [5.41, 5.74) is 7.54. The highest BCUT2D eigenvalue weighted by atomic mass is 32.1. The smallest absolute Gasteiger partial charge is 0.164 e. The van der Waals surface area contributed by atoms with Crippen LogP contribution in [0.5, 0.6) is 0 Å². The molecule has 0 aliphatic carbocycles. The Bertz CT molecular complexity index is 2240. The van der Waals surface area contributed by atoms with Gasteiger partial charge in [-0.3, -0.25) is 0 Å². The number of fused-ring (bicyclic) bond motifs is 3. The topological polar surface area (TPSA) is 38.7 Å². The first kappa shape index (κ1) is 25.3. The fourth-order valence-electron chi connectivity index (χ4n) is 5.56. The van der Waals surface area contributed by atoms with Crippen molar-refractivity contribution in [1.29, 1.82) is 0 Å². The maximum atomic E-state index is 5.04. The lowest BCUT2D eigenvalue weighted by atomic mass is 9.98. The lowest BCUT2D eigenvalue weighted by Gasteiger charge is -2.10. The van der Waals surface area contributed by atoms with Gasteiger partial charge in [-0.05, 0) is 46.5 Å². The van der Waals surface area contributed by atoms with Gasteiger partial charge in [0, 0.05) is 36.9 Å². The van der Waals surface area contributed by atoms with E-state index in [9.17, 15) is 0 Å². The third-order valence-corrected chi connectivity index (χ3v) is 8.86. The van der Waals surface area contributed by atoms with E-state index in [1.165, 1.54) is 31.3 Å². The second-order valence-electron chi connectivity index (χ2n) is 10.5. The van der Waals surface area contributed by atoms with E-state index in [1.807, 2.05) is 36.4 Å². The molecule has 0 amide bonds. The number of rotatable bonds is 5. The second-order valence-corrected chi connectivity index (χ2v) is 11.6. The molecule has 4 heteroatoms. The monoisotopic (exact) mass is 567 g/mol. The lowest BCUT2D eigenvalue weighted by Crippen LogP contribution is -2.00. The van der Waals surface area contributed by atoms with Crippen molar-refractivity contribution in [1.82, 2.24) is 15.0 Å². The van der Waals surface area contributed by atoms with E-state index in [2.05, 4.69) is 115 Å². The van der Waals surface area contributed by atoms with Crippen LogP contribution in [-0.4, -0.2) is 15.0 Å². The molecular weight excluding hydrogens is 543 g/mol. The van der Waals surface area contributed by atoms with Gasteiger partial charge >= 0.3 is 0 Å². The Balaban J connectivity index is 1.25. The molecule has 0 atom stereocenters. The van der Waals surface area contributed by atoms with Crippen LogP contribution in [0, 0.1) is 0 Å². The van der Waals surface area contributed by atoms with Gasteiger partial charge in [-0.1, -0.05) is 127 Å². The average molecular weight is 568 g/mol. The first-order valence-electron chi connectivity index (χ1n) is 14.3. The van der Waals surface area contributed by atoms with Gasteiger partial charge < -0.3 is 0 Å². The van der Waals surface area contributed by atoms with E-state index in [1.54, 1.807) is 11.3 Å². The van der Waals surface area contributed by atoms with E-state index in [0.29, 0.717) is 17.5 Å². The third-order valence-electron chi connectivity index (χ3n) is 7.73. The second kappa shape index (κ2) is 10.8. The predicted molar refractivity (Wildman–Crippen MR) is 180 cm³/mol. The summed E-state index contributed by atoms with van der Waals surface area (Å²) >= 11 is 1.80. The minimum Gasteiger partial charge on any atom is -0.208 e. The van der Waals surface area contributed by atoms with E-state index in [0.717, 1.165) is 27.8 Å². The zero-order valence-electron chi connectivity index (χ0n) is 23.2. The zero-order chi connectivity index (χ0) is 28.6. The molecule has 0 N–H and O–H groups in total. The third kappa shape index (κ3) is 4.88. The van der Waals surface area contributed by atoms with Crippen molar-refractivity contribution in [2.45, 2.75) is 0 Å². The SMILES string of the molecule is c1ccc(-c2cccc(-c3cccc(-c4nc(-c5ccccc5)nc(-c5ccc6c(c5)sc5ccccc56)n4)c3)c2)cc1. The van der Waals surface area contributed by atoms with Crippen molar-refractivity contribution in [3.8, 4) is 56.4 Å². The highest BCUT2D eigenvalue weighted by Gasteiger charge is 2.14. The van der Waals surface area contributed by atoms with Gasteiger partial charge in [-0.15, -0.1) is 11.3 Å². The first-order valence-corrected chi connectivity index (χ1v) is 15.1. The van der Waals surface area contributed by atoms with Crippen LogP contribution in [-0.2, 0) is 0 Å². The van der Waals surface area contributed by atoms with Crippen LogP contribution in [0.3, 0.4) is 0 Å². The average Bonchev–Trinajstić information content (AvgIpc) is 3.47. The summed E-state index contributed by atoms with van der Waals surface area (Å²) in [6.45, 7) is 0. The van der Waals surface area contributed by atoms with Crippen molar-refractivity contribution in [2.24, 2.45) is 0 Å². The molecule has 43 heavy (non-hydrogen) atoms.